The van der Waals surface area contributed by atoms with Crippen LogP contribution in [0.3, 0.4) is 0 Å². The van der Waals surface area contributed by atoms with Crippen LogP contribution in [0.4, 0.5) is 5.69 Å². The first-order valence-electron chi connectivity index (χ1n) is 5.65. The summed E-state index contributed by atoms with van der Waals surface area (Å²) >= 11 is 0. The highest BCUT2D eigenvalue weighted by Gasteiger charge is 2.20. The number of ether oxygens (including phenoxy) is 3. The van der Waals surface area contributed by atoms with Gasteiger partial charge in [0.25, 0.3) is 5.69 Å². The summed E-state index contributed by atoms with van der Waals surface area (Å²) in [5.74, 6) is 0.577. The maximum Gasteiger partial charge on any atom is 0.278 e. The molecule has 1 N–H and O–H groups in total. The molecule has 0 radical (unpaired) electrons. The van der Waals surface area contributed by atoms with Crippen LogP contribution in [0.15, 0.2) is 12.1 Å². The van der Waals surface area contributed by atoms with E-state index < -0.39 is 11.5 Å². The fraction of sp³-hybridized carbons (Fsp3) is 0.500. The van der Waals surface area contributed by atoms with Gasteiger partial charge in [-0.25, -0.2) is 0 Å². The molecule has 0 aliphatic carbocycles. The summed E-state index contributed by atoms with van der Waals surface area (Å²) in [5.41, 5.74) is -0.0310. The standard InChI is InChI=1S/C12H17NO6/c1-8(7-17-2)19-12-5-10(13(15)16)9(6-14)4-11(12)18-3/h4-5,8,14H,6-7H2,1-3H3. The van der Waals surface area contributed by atoms with Gasteiger partial charge in [0, 0.05) is 7.11 Å². The molecule has 0 spiro atoms. The Bertz CT molecular complexity index is 448. The van der Waals surface area contributed by atoms with Gasteiger partial charge in [0.15, 0.2) is 11.5 Å². The molecule has 0 aliphatic heterocycles. The van der Waals surface area contributed by atoms with Crippen LogP contribution < -0.4 is 9.47 Å². The molecule has 0 saturated carbocycles. The summed E-state index contributed by atoms with van der Waals surface area (Å²) in [5, 5.41) is 20.0. The number of benzene rings is 1. The third kappa shape index (κ3) is 3.80. The van der Waals surface area contributed by atoms with Crippen LogP contribution in [-0.4, -0.2) is 37.0 Å². The van der Waals surface area contributed by atoms with Gasteiger partial charge < -0.3 is 19.3 Å². The van der Waals surface area contributed by atoms with Gasteiger partial charge in [-0.2, -0.15) is 0 Å². The predicted octanol–water partition coefficient (Wildman–Crippen LogP) is 1.51. The Morgan fingerprint density at radius 1 is 1.37 bits per heavy atom. The van der Waals surface area contributed by atoms with Crippen LogP contribution in [0.2, 0.25) is 0 Å². The van der Waals surface area contributed by atoms with Gasteiger partial charge in [-0.05, 0) is 13.0 Å². The zero-order valence-electron chi connectivity index (χ0n) is 11.1. The monoisotopic (exact) mass is 271 g/mol. The van der Waals surface area contributed by atoms with E-state index in [-0.39, 0.29) is 23.1 Å². The first-order valence-corrected chi connectivity index (χ1v) is 5.65. The minimum Gasteiger partial charge on any atom is -0.493 e. The van der Waals surface area contributed by atoms with Gasteiger partial charge in [-0.1, -0.05) is 0 Å². The lowest BCUT2D eigenvalue weighted by Crippen LogP contribution is -2.18. The third-order valence-electron chi connectivity index (χ3n) is 2.46. The SMILES string of the molecule is COCC(C)Oc1cc([N+](=O)[O-])c(CO)cc1OC. The van der Waals surface area contributed by atoms with Crippen LogP contribution in [0, 0.1) is 10.1 Å². The average Bonchev–Trinajstić information content (AvgIpc) is 2.38. The van der Waals surface area contributed by atoms with Gasteiger partial charge in [-0.15, -0.1) is 0 Å². The molecule has 19 heavy (non-hydrogen) atoms. The van der Waals surface area contributed by atoms with Gasteiger partial charge in [0.2, 0.25) is 0 Å². The molecule has 106 valence electrons. The third-order valence-corrected chi connectivity index (χ3v) is 2.46. The van der Waals surface area contributed by atoms with Crippen molar-refractivity contribution in [2.24, 2.45) is 0 Å². The fourth-order valence-electron chi connectivity index (χ4n) is 1.63. The molecule has 1 atom stereocenters. The van der Waals surface area contributed by atoms with E-state index in [0.717, 1.165) is 0 Å². The zero-order valence-corrected chi connectivity index (χ0v) is 11.1. The lowest BCUT2D eigenvalue weighted by molar-refractivity contribution is -0.386. The molecule has 0 fully saturated rings. The summed E-state index contributed by atoms with van der Waals surface area (Å²) in [4.78, 5) is 10.3. The van der Waals surface area contributed by atoms with Crippen molar-refractivity contribution in [3.63, 3.8) is 0 Å². The largest absolute Gasteiger partial charge is 0.493 e. The van der Waals surface area contributed by atoms with Crippen LogP contribution >= 0.6 is 0 Å². The maximum absolute atomic E-state index is 10.9. The molecule has 1 aromatic rings. The molecule has 0 bridgehead atoms. The molecule has 0 amide bonds. The summed E-state index contributed by atoms with van der Waals surface area (Å²) in [6.07, 6.45) is -0.279. The van der Waals surface area contributed by atoms with Crippen molar-refractivity contribution in [1.29, 1.82) is 0 Å². The van der Waals surface area contributed by atoms with Crippen molar-refractivity contribution >= 4 is 5.69 Å². The smallest absolute Gasteiger partial charge is 0.278 e. The highest BCUT2D eigenvalue weighted by Crippen LogP contribution is 2.35. The second kappa shape index (κ2) is 6.91. The molecule has 0 aromatic heterocycles. The first kappa shape index (κ1) is 15.2. The van der Waals surface area contributed by atoms with Crippen molar-refractivity contribution in [3.8, 4) is 11.5 Å². The average molecular weight is 271 g/mol. The van der Waals surface area contributed by atoms with Crippen molar-refractivity contribution in [2.45, 2.75) is 19.6 Å². The number of nitro benzene ring substituents is 1. The maximum atomic E-state index is 10.9. The number of rotatable bonds is 7. The normalized spacial score (nSPS) is 12.0. The van der Waals surface area contributed by atoms with Crippen LogP contribution in [0.5, 0.6) is 11.5 Å². The van der Waals surface area contributed by atoms with Crippen molar-refractivity contribution in [2.75, 3.05) is 20.8 Å². The second-order valence-electron chi connectivity index (χ2n) is 3.93. The number of aliphatic hydroxyl groups excluding tert-OH is 1. The number of methoxy groups -OCH3 is 2. The van der Waals surface area contributed by atoms with Crippen LogP contribution in [-0.2, 0) is 11.3 Å². The minimum atomic E-state index is -0.571. The Morgan fingerprint density at radius 2 is 2.05 bits per heavy atom. The molecule has 0 saturated heterocycles. The number of nitrogens with zero attached hydrogens (tertiary/aromatic N) is 1. The quantitative estimate of drug-likeness (QED) is 0.597. The van der Waals surface area contributed by atoms with Gasteiger partial charge in [-0.3, -0.25) is 10.1 Å². The van der Waals surface area contributed by atoms with E-state index in [1.807, 2.05) is 0 Å². The lowest BCUT2D eigenvalue weighted by atomic mass is 10.1. The predicted molar refractivity (Wildman–Crippen MR) is 67.5 cm³/mol. The molecule has 0 heterocycles. The van der Waals surface area contributed by atoms with E-state index in [1.54, 1.807) is 6.92 Å². The molecular formula is C12H17NO6. The second-order valence-corrected chi connectivity index (χ2v) is 3.93. The lowest BCUT2D eigenvalue weighted by Gasteiger charge is -2.16. The Labute approximate surface area is 110 Å². The van der Waals surface area contributed by atoms with E-state index in [1.165, 1.54) is 26.4 Å². The number of nitro groups is 1. The fourth-order valence-corrected chi connectivity index (χ4v) is 1.63. The Morgan fingerprint density at radius 3 is 2.53 bits per heavy atom. The summed E-state index contributed by atoms with van der Waals surface area (Å²) < 4.78 is 15.6. The minimum absolute atomic E-state index is 0.175. The van der Waals surface area contributed by atoms with Crippen LogP contribution in [0.25, 0.3) is 0 Å². The summed E-state index contributed by atoms with van der Waals surface area (Å²) in [6, 6.07) is 2.64. The summed E-state index contributed by atoms with van der Waals surface area (Å²) in [6.45, 7) is 1.67. The molecule has 1 aromatic carbocycles. The highest BCUT2D eigenvalue weighted by atomic mass is 16.6. The van der Waals surface area contributed by atoms with E-state index in [0.29, 0.717) is 12.4 Å². The number of hydrogen-bond donors (Lipinski definition) is 1. The number of aliphatic hydroxyl groups is 1. The zero-order chi connectivity index (χ0) is 14.4. The van der Waals surface area contributed by atoms with E-state index in [9.17, 15) is 10.1 Å². The van der Waals surface area contributed by atoms with E-state index in [4.69, 9.17) is 19.3 Å². The highest BCUT2D eigenvalue weighted by molar-refractivity contribution is 5.54. The van der Waals surface area contributed by atoms with Gasteiger partial charge >= 0.3 is 0 Å². The molecule has 7 nitrogen and oxygen atoms in total. The molecule has 0 aliphatic rings. The Balaban J connectivity index is 3.14. The van der Waals surface area contributed by atoms with Crippen molar-refractivity contribution in [1.82, 2.24) is 0 Å². The van der Waals surface area contributed by atoms with Gasteiger partial charge in [0.1, 0.15) is 6.10 Å². The topological polar surface area (TPSA) is 91.1 Å². The van der Waals surface area contributed by atoms with E-state index >= 15 is 0 Å². The van der Waals surface area contributed by atoms with Crippen molar-refractivity contribution in [3.05, 3.63) is 27.8 Å². The Hall–Kier alpha value is -1.86. The van der Waals surface area contributed by atoms with Crippen molar-refractivity contribution < 1.29 is 24.2 Å². The molecule has 1 unspecified atom stereocenters. The molecule has 7 heteroatoms. The molecule has 1 rings (SSSR count). The Kier molecular flexibility index (Phi) is 5.53. The first-order chi connectivity index (χ1) is 9.03. The van der Waals surface area contributed by atoms with E-state index in [2.05, 4.69) is 0 Å². The van der Waals surface area contributed by atoms with Crippen LogP contribution in [0.1, 0.15) is 12.5 Å². The molecular weight excluding hydrogens is 254 g/mol. The van der Waals surface area contributed by atoms with Gasteiger partial charge in [0.05, 0.1) is 36.9 Å². The number of hydrogen-bond acceptors (Lipinski definition) is 6. The summed E-state index contributed by atoms with van der Waals surface area (Å²) in [7, 11) is 2.96.